The standard InChI is InChI=1S/C7H2BrClF3/c8-5-3-1-2-4(6(5)9)7(10,11)12/h2-3H. The smallest absolute Gasteiger partial charge is 0.166 e. The van der Waals surface area contributed by atoms with Crippen LogP contribution in [0, 0.1) is 6.07 Å². The third kappa shape index (κ3) is 1.93. The normalized spacial score (nSPS) is 11.8. The molecule has 0 saturated heterocycles. The minimum Gasteiger partial charge on any atom is -0.166 e. The van der Waals surface area contributed by atoms with Crippen LogP contribution in [0.15, 0.2) is 16.6 Å². The first-order valence-corrected chi connectivity index (χ1v) is 4.02. The Balaban J connectivity index is 3.26. The van der Waals surface area contributed by atoms with Crippen molar-refractivity contribution in [3.63, 3.8) is 0 Å². The van der Waals surface area contributed by atoms with Crippen molar-refractivity contribution in [1.82, 2.24) is 0 Å². The molecule has 1 aromatic rings. The van der Waals surface area contributed by atoms with Crippen LogP contribution in [0.1, 0.15) is 5.56 Å². The van der Waals surface area contributed by atoms with E-state index in [1.165, 1.54) is 6.07 Å². The molecule has 0 saturated carbocycles. The van der Waals surface area contributed by atoms with Gasteiger partial charge in [-0.3, -0.25) is 0 Å². The number of alkyl halides is 3. The summed E-state index contributed by atoms with van der Waals surface area (Å²) < 4.78 is 36.5. The highest BCUT2D eigenvalue weighted by molar-refractivity contribution is 9.10. The maximum Gasteiger partial charge on any atom is 0.417 e. The van der Waals surface area contributed by atoms with Crippen LogP contribution in [0.4, 0.5) is 13.2 Å². The van der Waals surface area contributed by atoms with Crippen molar-refractivity contribution in [1.29, 1.82) is 0 Å². The zero-order valence-electron chi connectivity index (χ0n) is 5.54. The van der Waals surface area contributed by atoms with Crippen LogP contribution in [0.2, 0.25) is 5.02 Å². The predicted octanol–water partition coefficient (Wildman–Crippen LogP) is 3.92. The van der Waals surface area contributed by atoms with Gasteiger partial charge in [-0.25, -0.2) is 0 Å². The fourth-order valence-electron chi connectivity index (χ4n) is 0.660. The van der Waals surface area contributed by atoms with E-state index < -0.39 is 11.7 Å². The lowest BCUT2D eigenvalue weighted by Crippen LogP contribution is -2.05. The molecule has 12 heavy (non-hydrogen) atoms. The Kier molecular flexibility index (Phi) is 2.68. The third-order valence-electron chi connectivity index (χ3n) is 1.19. The van der Waals surface area contributed by atoms with Crippen LogP contribution in [-0.2, 0) is 6.18 Å². The quantitative estimate of drug-likeness (QED) is 0.661. The number of hydrogen-bond donors (Lipinski definition) is 0. The molecule has 0 spiro atoms. The predicted molar refractivity (Wildman–Crippen MR) is 43.0 cm³/mol. The molecule has 0 fully saturated rings. The number of halogens is 5. The van der Waals surface area contributed by atoms with Gasteiger partial charge in [0.15, 0.2) is 0 Å². The Bertz CT molecular complexity index is 295. The Morgan fingerprint density at radius 1 is 1.33 bits per heavy atom. The summed E-state index contributed by atoms with van der Waals surface area (Å²) in [6.45, 7) is 0. The summed E-state index contributed by atoms with van der Waals surface area (Å²) in [7, 11) is 0. The maximum absolute atomic E-state index is 12.1. The van der Waals surface area contributed by atoms with Gasteiger partial charge in [0.1, 0.15) is 0 Å². The van der Waals surface area contributed by atoms with E-state index in [4.69, 9.17) is 11.6 Å². The van der Waals surface area contributed by atoms with Gasteiger partial charge in [-0.2, -0.15) is 13.2 Å². The lowest BCUT2D eigenvalue weighted by Gasteiger charge is -2.08. The summed E-state index contributed by atoms with van der Waals surface area (Å²) in [6, 6.07) is 4.47. The molecule has 0 aromatic heterocycles. The van der Waals surface area contributed by atoms with E-state index in [9.17, 15) is 13.2 Å². The van der Waals surface area contributed by atoms with E-state index in [1.807, 2.05) is 0 Å². The molecule has 1 rings (SSSR count). The van der Waals surface area contributed by atoms with Gasteiger partial charge < -0.3 is 0 Å². The second-order valence-electron chi connectivity index (χ2n) is 2.03. The van der Waals surface area contributed by atoms with Crippen molar-refractivity contribution < 1.29 is 13.2 Å². The zero-order chi connectivity index (χ0) is 9.35. The minimum atomic E-state index is -4.42. The molecule has 0 nitrogen and oxygen atoms in total. The highest BCUT2D eigenvalue weighted by atomic mass is 79.9. The Hall–Kier alpha value is -0.220. The van der Waals surface area contributed by atoms with Crippen molar-refractivity contribution in [3.05, 3.63) is 33.3 Å². The number of rotatable bonds is 0. The lowest BCUT2D eigenvalue weighted by atomic mass is 10.2. The zero-order valence-corrected chi connectivity index (χ0v) is 7.89. The maximum atomic E-state index is 12.1. The summed E-state index contributed by atoms with van der Waals surface area (Å²) in [5.41, 5.74) is -0.876. The molecule has 1 radical (unpaired) electrons. The molecule has 5 heteroatoms. The molecule has 0 heterocycles. The minimum absolute atomic E-state index is 0.194. The van der Waals surface area contributed by atoms with Crippen LogP contribution >= 0.6 is 27.5 Å². The van der Waals surface area contributed by atoms with Gasteiger partial charge in [-0.05, 0) is 34.1 Å². The molecule has 0 atom stereocenters. The van der Waals surface area contributed by atoms with Gasteiger partial charge in [0, 0.05) is 4.47 Å². The third-order valence-corrected chi connectivity index (χ3v) is 2.45. The molecule has 0 unspecified atom stereocenters. The van der Waals surface area contributed by atoms with E-state index in [1.54, 1.807) is 0 Å². The largest absolute Gasteiger partial charge is 0.417 e. The molecule has 0 amide bonds. The lowest BCUT2D eigenvalue weighted by molar-refractivity contribution is -0.137. The fraction of sp³-hybridized carbons (Fsp3) is 0.143. The average Bonchev–Trinajstić information content (AvgIpc) is 1.92. The molecule has 0 aliphatic rings. The van der Waals surface area contributed by atoms with Gasteiger partial charge in [0.25, 0.3) is 0 Å². The van der Waals surface area contributed by atoms with Crippen LogP contribution in [0.5, 0.6) is 0 Å². The van der Waals surface area contributed by atoms with Crippen molar-refractivity contribution in [2.45, 2.75) is 6.18 Å². The topological polar surface area (TPSA) is 0 Å². The van der Waals surface area contributed by atoms with Crippen LogP contribution in [0.25, 0.3) is 0 Å². The Morgan fingerprint density at radius 2 is 1.92 bits per heavy atom. The Morgan fingerprint density at radius 3 is 2.33 bits per heavy atom. The first-order valence-electron chi connectivity index (χ1n) is 2.85. The molecule has 0 aliphatic heterocycles. The van der Waals surface area contributed by atoms with Crippen molar-refractivity contribution in [2.24, 2.45) is 0 Å². The van der Waals surface area contributed by atoms with Crippen LogP contribution in [-0.4, -0.2) is 0 Å². The fourth-order valence-corrected chi connectivity index (χ4v) is 1.22. The van der Waals surface area contributed by atoms with Gasteiger partial charge in [-0.1, -0.05) is 11.6 Å². The van der Waals surface area contributed by atoms with Gasteiger partial charge >= 0.3 is 6.18 Å². The second kappa shape index (κ2) is 3.26. The van der Waals surface area contributed by atoms with E-state index in [0.29, 0.717) is 0 Å². The van der Waals surface area contributed by atoms with Crippen molar-refractivity contribution in [2.75, 3.05) is 0 Å². The van der Waals surface area contributed by atoms with Crippen LogP contribution in [0.3, 0.4) is 0 Å². The van der Waals surface area contributed by atoms with E-state index in [0.717, 1.165) is 6.07 Å². The number of benzene rings is 1. The SMILES string of the molecule is FC(F)(F)c1c[c]cc(Br)c1Cl. The van der Waals surface area contributed by atoms with Gasteiger partial charge in [0.2, 0.25) is 0 Å². The van der Waals surface area contributed by atoms with Crippen molar-refractivity contribution in [3.8, 4) is 0 Å². The van der Waals surface area contributed by atoms with Crippen molar-refractivity contribution >= 4 is 27.5 Å². The summed E-state index contributed by atoms with van der Waals surface area (Å²) >= 11 is 8.27. The molecule has 0 bridgehead atoms. The van der Waals surface area contributed by atoms with E-state index in [-0.39, 0.29) is 9.50 Å². The van der Waals surface area contributed by atoms with E-state index >= 15 is 0 Å². The highest BCUT2D eigenvalue weighted by Gasteiger charge is 2.33. The van der Waals surface area contributed by atoms with Crippen LogP contribution < -0.4 is 0 Å². The molecule has 65 valence electrons. The highest BCUT2D eigenvalue weighted by Crippen LogP contribution is 2.37. The monoisotopic (exact) mass is 257 g/mol. The molecular formula is C7H2BrClF3. The summed E-state index contributed by atoms with van der Waals surface area (Å²) in [4.78, 5) is 0. The first kappa shape index (κ1) is 9.86. The summed E-state index contributed by atoms with van der Waals surface area (Å²) in [6.07, 6.45) is -4.42. The molecule has 0 N–H and O–H groups in total. The Labute approximate surface area is 80.5 Å². The molecular weight excluding hydrogens is 256 g/mol. The molecule has 1 aromatic carbocycles. The average molecular weight is 258 g/mol. The summed E-state index contributed by atoms with van der Waals surface area (Å²) in [5, 5.41) is -0.332. The number of hydrogen-bond acceptors (Lipinski definition) is 0. The summed E-state index contributed by atoms with van der Waals surface area (Å²) in [5.74, 6) is 0. The first-order chi connectivity index (χ1) is 5.43. The van der Waals surface area contributed by atoms with E-state index in [2.05, 4.69) is 22.0 Å². The van der Waals surface area contributed by atoms with Gasteiger partial charge in [0.05, 0.1) is 10.6 Å². The second-order valence-corrected chi connectivity index (χ2v) is 3.26. The van der Waals surface area contributed by atoms with Gasteiger partial charge in [-0.15, -0.1) is 0 Å². The molecule has 0 aliphatic carbocycles.